The lowest BCUT2D eigenvalue weighted by Gasteiger charge is -2.34. The summed E-state index contributed by atoms with van der Waals surface area (Å²) in [4.78, 5) is 14.0. The minimum absolute atomic E-state index is 0.0255. The molecule has 4 unspecified atom stereocenters. The summed E-state index contributed by atoms with van der Waals surface area (Å²) in [5, 5.41) is 0. The lowest BCUT2D eigenvalue weighted by molar-refractivity contribution is -0.122. The number of allylic oxidation sites excluding steroid dienone is 4. The Bertz CT molecular complexity index is 1590. The van der Waals surface area contributed by atoms with E-state index in [1.54, 1.807) is 0 Å². The highest BCUT2D eigenvalue weighted by molar-refractivity contribution is 5.86. The maximum absolute atomic E-state index is 14.0. The SMILES string of the molecule is C#Cc1ccc(CC2CCC(C(C(=O)CCc3ccccc3)c3ccc(C4=CC(C)C=C4)cc3)CC2)cc1C1CCC(C)(CC)C1. The summed E-state index contributed by atoms with van der Waals surface area (Å²) in [6.45, 7) is 7.00. The molecule has 0 amide bonds. The van der Waals surface area contributed by atoms with E-state index in [-0.39, 0.29) is 5.92 Å². The Labute approximate surface area is 278 Å². The fourth-order valence-electron chi connectivity index (χ4n) is 8.69. The van der Waals surface area contributed by atoms with Crippen LogP contribution in [-0.2, 0) is 17.6 Å². The summed E-state index contributed by atoms with van der Waals surface area (Å²) in [6, 6.07) is 26.4. The smallest absolute Gasteiger partial charge is 0.140 e. The molecule has 3 aromatic rings. The average molecular weight is 609 g/mol. The quantitative estimate of drug-likeness (QED) is 0.198. The molecule has 1 nitrogen and oxygen atoms in total. The van der Waals surface area contributed by atoms with E-state index in [0.717, 1.165) is 31.2 Å². The van der Waals surface area contributed by atoms with Gasteiger partial charge in [0.05, 0.1) is 0 Å². The van der Waals surface area contributed by atoms with Gasteiger partial charge in [-0.1, -0.05) is 118 Å². The highest BCUT2D eigenvalue weighted by Crippen LogP contribution is 2.49. The van der Waals surface area contributed by atoms with E-state index in [4.69, 9.17) is 6.42 Å². The molecule has 0 spiro atoms. The standard InChI is InChI=1S/C45H52O/c1-5-36-18-15-35(30-42(36)41-26-27-45(4,6-2)31-41)29-34-13-19-38(20-14-34)44(43(46)25-16-33-10-8-7-9-11-33)39-23-21-37(22-24-39)40-17-12-32(3)28-40/h1,7-12,15,17-18,21-24,28,30,32,34,38,41,44H,6,13-14,16,19-20,25-27,29,31H2,2-4H3. The van der Waals surface area contributed by atoms with E-state index in [9.17, 15) is 4.79 Å². The van der Waals surface area contributed by atoms with Gasteiger partial charge in [0, 0.05) is 17.9 Å². The normalized spacial score (nSPS) is 26.4. The van der Waals surface area contributed by atoms with Crippen LogP contribution in [0.1, 0.15) is 124 Å². The minimum atomic E-state index is -0.0255. The maximum Gasteiger partial charge on any atom is 0.140 e. The summed E-state index contributed by atoms with van der Waals surface area (Å²) in [5.74, 6) is 5.51. The second-order valence-corrected chi connectivity index (χ2v) is 15.0. The Morgan fingerprint density at radius 1 is 0.957 bits per heavy atom. The van der Waals surface area contributed by atoms with Crippen LogP contribution < -0.4 is 0 Å². The van der Waals surface area contributed by atoms with Gasteiger partial charge in [-0.2, -0.15) is 0 Å². The summed E-state index contributed by atoms with van der Waals surface area (Å²) in [6.07, 6.45) is 25.0. The van der Waals surface area contributed by atoms with Crippen molar-refractivity contribution in [2.24, 2.45) is 23.2 Å². The number of Topliss-reactive ketones (excluding diaryl/α,β-unsaturated/α-hetero) is 1. The van der Waals surface area contributed by atoms with Gasteiger partial charge >= 0.3 is 0 Å². The summed E-state index contributed by atoms with van der Waals surface area (Å²) in [5.41, 5.74) is 9.38. The van der Waals surface area contributed by atoms with E-state index in [1.807, 2.05) is 6.07 Å². The molecule has 0 aromatic heterocycles. The molecule has 3 aromatic carbocycles. The van der Waals surface area contributed by atoms with Crippen LogP contribution in [0.4, 0.5) is 0 Å². The van der Waals surface area contributed by atoms with Gasteiger partial charge < -0.3 is 0 Å². The zero-order valence-electron chi connectivity index (χ0n) is 28.3. The van der Waals surface area contributed by atoms with Gasteiger partial charge in [0.1, 0.15) is 5.78 Å². The molecule has 0 saturated heterocycles. The fourth-order valence-corrected chi connectivity index (χ4v) is 8.69. The average Bonchev–Trinajstić information content (AvgIpc) is 3.71. The first kappa shape index (κ1) is 32.3. The predicted octanol–water partition coefficient (Wildman–Crippen LogP) is 11.3. The maximum atomic E-state index is 14.0. The third-order valence-corrected chi connectivity index (χ3v) is 11.8. The van der Waals surface area contributed by atoms with Crippen molar-refractivity contribution in [2.75, 3.05) is 0 Å². The molecule has 3 aliphatic rings. The van der Waals surface area contributed by atoms with Crippen molar-refractivity contribution in [1.29, 1.82) is 0 Å². The Hall–Kier alpha value is -3.63. The van der Waals surface area contributed by atoms with E-state index >= 15 is 0 Å². The molecule has 4 atom stereocenters. The Kier molecular flexibility index (Phi) is 10.1. The molecule has 0 N–H and O–H groups in total. The zero-order chi connectivity index (χ0) is 32.1. The van der Waals surface area contributed by atoms with Gasteiger partial charge in [-0.05, 0) is 126 Å². The number of hydrogen-bond donors (Lipinski definition) is 0. The number of terminal acetylenes is 1. The molecule has 1 heteroatoms. The van der Waals surface area contributed by atoms with Gasteiger partial charge in [0.25, 0.3) is 0 Å². The van der Waals surface area contributed by atoms with Crippen LogP contribution in [0, 0.1) is 35.5 Å². The van der Waals surface area contributed by atoms with Crippen molar-refractivity contribution < 1.29 is 4.79 Å². The van der Waals surface area contributed by atoms with E-state index < -0.39 is 0 Å². The van der Waals surface area contributed by atoms with Gasteiger partial charge in [-0.3, -0.25) is 4.79 Å². The third kappa shape index (κ3) is 7.50. The van der Waals surface area contributed by atoms with Gasteiger partial charge in [0.15, 0.2) is 0 Å². The summed E-state index contributed by atoms with van der Waals surface area (Å²) in [7, 11) is 0. The van der Waals surface area contributed by atoms with Gasteiger partial charge in [-0.15, -0.1) is 6.42 Å². The highest BCUT2D eigenvalue weighted by Gasteiger charge is 2.36. The van der Waals surface area contributed by atoms with Crippen LogP contribution in [-0.4, -0.2) is 5.78 Å². The first-order chi connectivity index (χ1) is 22.3. The number of hydrogen-bond acceptors (Lipinski definition) is 1. The van der Waals surface area contributed by atoms with Gasteiger partial charge in [0.2, 0.25) is 0 Å². The number of ketones is 1. The van der Waals surface area contributed by atoms with Crippen molar-refractivity contribution in [2.45, 2.75) is 103 Å². The molecule has 0 heterocycles. The molecular weight excluding hydrogens is 556 g/mol. The molecule has 3 aliphatic carbocycles. The largest absolute Gasteiger partial charge is 0.299 e. The second-order valence-electron chi connectivity index (χ2n) is 15.0. The monoisotopic (exact) mass is 608 g/mol. The van der Waals surface area contributed by atoms with Crippen molar-refractivity contribution in [3.63, 3.8) is 0 Å². The van der Waals surface area contributed by atoms with Crippen molar-refractivity contribution in [1.82, 2.24) is 0 Å². The van der Waals surface area contributed by atoms with Crippen LogP contribution in [0.25, 0.3) is 5.57 Å². The summed E-state index contributed by atoms with van der Waals surface area (Å²) >= 11 is 0. The summed E-state index contributed by atoms with van der Waals surface area (Å²) < 4.78 is 0. The first-order valence-electron chi connectivity index (χ1n) is 18.0. The molecule has 0 bridgehead atoms. The molecule has 238 valence electrons. The van der Waals surface area contributed by atoms with Gasteiger partial charge in [-0.25, -0.2) is 0 Å². The van der Waals surface area contributed by atoms with Crippen molar-refractivity contribution in [3.05, 3.63) is 124 Å². The third-order valence-electron chi connectivity index (χ3n) is 11.8. The van der Waals surface area contributed by atoms with E-state index in [2.05, 4.69) is 112 Å². The number of rotatable bonds is 11. The lowest BCUT2D eigenvalue weighted by atomic mass is 9.70. The number of aryl methyl sites for hydroxylation is 1. The Morgan fingerprint density at radius 3 is 2.37 bits per heavy atom. The molecule has 46 heavy (non-hydrogen) atoms. The molecule has 2 saturated carbocycles. The van der Waals surface area contributed by atoms with Crippen LogP contribution in [0.2, 0.25) is 0 Å². The number of carbonyl (C=O) groups is 1. The highest BCUT2D eigenvalue weighted by atomic mass is 16.1. The number of benzene rings is 3. The predicted molar refractivity (Wildman–Crippen MR) is 194 cm³/mol. The van der Waals surface area contributed by atoms with Crippen LogP contribution >= 0.6 is 0 Å². The van der Waals surface area contributed by atoms with Crippen LogP contribution in [0.3, 0.4) is 0 Å². The van der Waals surface area contributed by atoms with Crippen molar-refractivity contribution >= 4 is 11.4 Å². The molecule has 0 aliphatic heterocycles. The fraction of sp³-hybridized carbons (Fsp3) is 0.444. The number of carbonyl (C=O) groups excluding carboxylic acids is 1. The Morgan fingerprint density at radius 2 is 1.72 bits per heavy atom. The van der Waals surface area contributed by atoms with Crippen LogP contribution in [0.15, 0.2) is 91.0 Å². The second kappa shape index (κ2) is 14.4. The molecule has 6 rings (SSSR count). The minimum Gasteiger partial charge on any atom is -0.299 e. The molecule has 2 fully saturated rings. The molecular formula is C45H52O. The van der Waals surface area contributed by atoms with Crippen molar-refractivity contribution in [3.8, 4) is 12.3 Å². The lowest BCUT2D eigenvalue weighted by Crippen LogP contribution is -2.27. The zero-order valence-corrected chi connectivity index (χ0v) is 28.3. The van der Waals surface area contributed by atoms with E-state index in [1.165, 1.54) is 71.9 Å². The van der Waals surface area contributed by atoms with Crippen LogP contribution in [0.5, 0.6) is 0 Å². The first-order valence-corrected chi connectivity index (χ1v) is 18.0. The molecule has 0 radical (unpaired) electrons. The Balaban J connectivity index is 1.14. The van der Waals surface area contributed by atoms with E-state index in [0.29, 0.717) is 41.3 Å². The topological polar surface area (TPSA) is 17.1 Å².